The summed E-state index contributed by atoms with van der Waals surface area (Å²) >= 11 is 0. The standard InChI is InChI=1S/C17H26N4O3/c1-13(22)16(24)20-8-5-17(6-9-20)4-2-15(23)21(11-17)7-3-14-10-18-12-19-14/h10,12-13,22H,2-9,11H2,1H3,(H,18,19). The lowest BCUT2D eigenvalue weighted by atomic mass is 9.72. The van der Waals surface area contributed by atoms with E-state index >= 15 is 0 Å². The number of hydrogen-bond acceptors (Lipinski definition) is 4. The Morgan fingerprint density at radius 1 is 1.42 bits per heavy atom. The molecule has 2 aliphatic heterocycles. The zero-order valence-corrected chi connectivity index (χ0v) is 14.2. The molecule has 3 rings (SSSR count). The minimum absolute atomic E-state index is 0.122. The van der Waals surface area contributed by atoms with Crippen molar-refractivity contribution in [3.63, 3.8) is 0 Å². The van der Waals surface area contributed by atoms with Crippen LogP contribution in [0.5, 0.6) is 0 Å². The molecule has 2 N–H and O–H groups in total. The molecule has 2 fully saturated rings. The molecule has 0 aliphatic carbocycles. The Bertz CT molecular complexity index is 577. The average Bonchev–Trinajstić information content (AvgIpc) is 3.09. The maximum atomic E-state index is 12.2. The summed E-state index contributed by atoms with van der Waals surface area (Å²) < 4.78 is 0. The molecule has 1 aromatic heterocycles. The summed E-state index contributed by atoms with van der Waals surface area (Å²) in [6.07, 6.45) is 6.61. The van der Waals surface area contributed by atoms with E-state index in [0.29, 0.717) is 26.1 Å². The monoisotopic (exact) mass is 334 g/mol. The first kappa shape index (κ1) is 17.0. The predicted octanol–water partition coefficient (Wildman–Crippen LogP) is 0.564. The van der Waals surface area contributed by atoms with Crippen LogP contribution in [0.1, 0.15) is 38.3 Å². The average molecular weight is 334 g/mol. The maximum Gasteiger partial charge on any atom is 0.251 e. The number of nitrogens with one attached hydrogen (secondary N) is 1. The molecule has 1 spiro atoms. The SMILES string of the molecule is CC(O)C(=O)N1CCC2(CCC(=O)N(CCc3cnc[nH]3)C2)CC1. The molecular weight excluding hydrogens is 308 g/mol. The second kappa shape index (κ2) is 6.93. The normalized spacial score (nSPS) is 22.0. The van der Waals surface area contributed by atoms with Crippen LogP contribution in [0.4, 0.5) is 0 Å². The summed E-state index contributed by atoms with van der Waals surface area (Å²) in [5.41, 5.74) is 1.16. The van der Waals surface area contributed by atoms with Crippen molar-refractivity contribution in [2.24, 2.45) is 5.41 Å². The van der Waals surface area contributed by atoms with Crippen LogP contribution >= 0.6 is 0 Å². The van der Waals surface area contributed by atoms with E-state index in [2.05, 4.69) is 9.97 Å². The molecule has 1 atom stereocenters. The van der Waals surface area contributed by atoms with Gasteiger partial charge >= 0.3 is 0 Å². The highest BCUT2D eigenvalue weighted by molar-refractivity contribution is 5.80. The van der Waals surface area contributed by atoms with Crippen LogP contribution in [-0.2, 0) is 16.0 Å². The van der Waals surface area contributed by atoms with Gasteiger partial charge in [-0.05, 0) is 31.6 Å². The molecule has 0 saturated carbocycles. The van der Waals surface area contributed by atoms with Crippen molar-refractivity contribution in [3.8, 4) is 0 Å². The Hall–Kier alpha value is -1.89. The minimum atomic E-state index is -0.933. The third kappa shape index (κ3) is 3.61. The number of carbonyl (C=O) groups is 2. The molecule has 1 unspecified atom stereocenters. The van der Waals surface area contributed by atoms with E-state index in [1.165, 1.54) is 6.92 Å². The summed E-state index contributed by atoms with van der Waals surface area (Å²) in [7, 11) is 0. The van der Waals surface area contributed by atoms with Gasteiger partial charge in [-0.15, -0.1) is 0 Å². The Kier molecular flexibility index (Phi) is 4.89. The van der Waals surface area contributed by atoms with Crippen LogP contribution < -0.4 is 0 Å². The van der Waals surface area contributed by atoms with E-state index in [0.717, 1.165) is 37.9 Å². The fraction of sp³-hybridized carbons (Fsp3) is 0.706. The Labute approximate surface area is 142 Å². The number of carbonyl (C=O) groups excluding carboxylic acids is 2. The van der Waals surface area contributed by atoms with Gasteiger partial charge in [-0.3, -0.25) is 9.59 Å². The number of aromatic nitrogens is 2. The number of aliphatic hydroxyl groups is 1. The zero-order chi connectivity index (χ0) is 17.2. The summed E-state index contributed by atoms with van der Waals surface area (Å²) in [5.74, 6) is 0.0375. The Balaban J connectivity index is 1.57. The minimum Gasteiger partial charge on any atom is -0.384 e. The van der Waals surface area contributed by atoms with Crippen molar-refractivity contribution in [2.75, 3.05) is 26.2 Å². The summed E-state index contributed by atoms with van der Waals surface area (Å²) in [5, 5.41) is 9.46. The van der Waals surface area contributed by atoms with Crippen molar-refractivity contribution in [1.29, 1.82) is 0 Å². The fourth-order valence-corrected chi connectivity index (χ4v) is 3.86. The molecule has 3 heterocycles. The lowest BCUT2D eigenvalue weighted by Crippen LogP contribution is -2.53. The second-order valence-corrected chi connectivity index (χ2v) is 7.14. The molecule has 2 aliphatic rings. The molecule has 0 bridgehead atoms. The molecule has 7 heteroatoms. The van der Waals surface area contributed by atoms with Gasteiger partial charge in [0.2, 0.25) is 5.91 Å². The molecule has 2 saturated heterocycles. The van der Waals surface area contributed by atoms with Crippen LogP contribution in [0.2, 0.25) is 0 Å². The van der Waals surface area contributed by atoms with Crippen molar-refractivity contribution < 1.29 is 14.7 Å². The molecule has 132 valence electrons. The van der Waals surface area contributed by atoms with Gasteiger partial charge in [0.25, 0.3) is 5.91 Å². The first-order valence-electron chi connectivity index (χ1n) is 8.71. The van der Waals surface area contributed by atoms with Crippen molar-refractivity contribution in [1.82, 2.24) is 19.8 Å². The smallest absolute Gasteiger partial charge is 0.251 e. The number of H-pyrrole nitrogens is 1. The van der Waals surface area contributed by atoms with E-state index in [1.807, 2.05) is 4.90 Å². The van der Waals surface area contributed by atoms with Crippen molar-refractivity contribution >= 4 is 11.8 Å². The number of hydrogen-bond donors (Lipinski definition) is 2. The van der Waals surface area contributed by atoms with E-state index in [1.54, 1.807) is 17.4 Å². The first-order chi connectivity index (χ1) is 11.5. The second-order valence-electron chi connectivity index (χ2n) is 7.14. The topological polar surface area (TPSA) is 89.5 Å². The van der Waals surface area contributed by atoms with Gasteiger partial charge in [-0.2, -0.15) is 0 Å². The molecule has 2 amide bonds. The number of imidazole rings is 1. The summed E-state index contributed by atoms with van der Waals surface area (Å²) in [6.45, 7) is 4.34. The number of nitrogens with zero attached hydrogens (tertiary/aromatic N) is 3. The number of amides is 2. The molecule has 24 heavy (non-hydrogen) atoms. The van der Waals surface area contributed by atoms with Gasteiger partial charge < -0.3 is 19.9 Å². The van der Waals surface area contributed by atoms with E-state index < -0.39 is 6.10 Å². The quantitative estimate of drug-likeness (QED) is 0.842. The van der Waals surface area contributed by atoms with Crippen LogP contribution in [0.15, 0.2) is 12.5 Å². The number of piperidine rings is 2. The van der Waals surface area contributed by atoms with Crippen LogP contribution in [0.3, 0.4) is 0 Å². The highest BCUT2D eigenvalue weighted by Gasteiger charge is 2.41. The number of likely N-dealkylation sites (tertiary alicyclic amines) is 2. The van der Waals surface area contributed by atoms with E-state index in [9.17, 15) is 14.7 Å². The lowest BCUT2D eigenvalue weighted by Gasteiger charge is -2.47. The van der Waals surface area contributed by atoms with E-state index in [4.69, 9.17) is 0 Å². The van der Waals surface area contributed by atoms with Crippen LogP contribution in [-0.4, -0.2) is 69.0 Å². The van der Waals surface area contributed by atoms with Gasteiger partial charge in [0.1, 0.15) is 6.10 Å². The lowest BCUT2D eigenvalue weighted by molar-refractivity contribution is -0.146. The van der Waals surface area contributed by atoms with Gasteiger partial charge in [0.05, 0.1) is 6.33 Å². The number of aromatic amines is 1. The first-order valence-corrected chi connectivity index (χ1v) is 8.71. The highest BCUT2D eigenvalue weighted by atomic mass is 16.3. The third-order valence-corrected chi connectivity index (χ3v) is 5.45. The predicted molar refractivity (Wildman–Crippen MR) is 88.0 cm³/mol. The van der Waals surface area contributed by atoms with Crippen molar-refractivity contribution in [3.05, 3.63) is 18.2 Å². The molecule has 0 radical (unpaired) electrons. The summed E-state index contributed by atoms with van der Waals surface area (Å²) in [4.78, 5) is 35.0. The van der Waals surface area contributed by atoms with Gasteiger partial charge in [-0.1, -0.05) is 0 Å². The molecule has 7 nitrogen and oxygen atoms in total. The van der Waals surface area contributed by atoms with E-state index in [-0.39, 0.29) is 17.2 Å². The van der Waals surface area contributed by atoms with Gasteiger partial charge in [0, 0.05) is 50.9 Å². The molecular formula is C17H26N4O3. The largest absolute Gasteiger partial charge is 0.384 e. The number of aliphatic hydroxyl groups excluding tert-OH is 1. The summed E-state index contributed by atoms with van der Waals surface area (Å²) in [6, 6.07) is 0. The Morgan fingerprint density at radius 3 is 2.79 bits per heavy atom. The highest BCUT2D eigenvalue weighted by Crippen LogP contribution is 2.40. The third-order valence-electron chi connectivity index (χ3n) is 5.45. The Morgan fingerprint density at radius 2 is 2.17 bits per heavy atom. The van der Waals surface area contributed by atoms with Crippen LogP contribution in [0, 0.1) is 5.41 Å². The molecule has 0 aromatic carbocycles. The molecule has 1 aromatic rings. The maximum absolute atomic E-state index is 12.2. The fourth-order valence-electron chi connectivity index (χ4n) is 3.86. The zero-order valence-electron chi connectivity index (χ0n) is 14.2. The van der Waals surface area contributed by atoms with Crippen molar-refractivity contribution in [2.45, 2.75) is 45.1 Å². The van der Waals surface area contributed by atoms with Gasteiger partial charge in [0.15, 0.2) is 0 Å². The number of rotatable bonds is 4. The van der Waals surface area contributed by atoms with Gasteiger partial charge in [-0.25, -0.2) is 4.98 Å². The van der Waals surface area contributed by atoms with Crippen LogP contribution in [0.25, 0.3) is 0 Å².